The van der Waals surface area contributed by atoms with Gasteiger partial charge in [-0.25, -0.2) is 16.8 Å². The molecular weight excluding hydrogens is 417 g/mol. The van der Waals surface area contributed by atoms with Crippen LogP contribution in [0.25, 0.3) is 11.1 Å². The first-order valence-corrected chi connectivity index (χ1v) is 11.8. The van der Waals surface area contributed by atoms with E-state index in [9.17, 15) is 16.8 Å². The van der Waals surface area contributed by atoms with E-state index in [0.717, 1.165) is 11.1 Å². The molecule has 26 heavy (non-hydrogen) atoms. The zero-order valence-electron chi connectivity index (χ0n) is 13.9. The van der Waals surface area contributed by atoms with Gasteiger partial charge in [-0.2, -0.15) is 4.31 Å². The van der Waals surface area contributed by atoms with Crippen LogP contribution in [0.1, 0.15) is 6.92 Å². The number of hydrogen-bond donors (Lipinski definition) is 0. The van der Waals surface area contributed by atoms with Crippen molar-refractivity contribution >= 4 is 43.1 Å². The molecule has 2 aromatic rings. The Morgan fingerprint density at radius 2 is 1.50 bits per heavy atom. The molecule has 1 fully saturated rings. The molecule has 0 N–H and O–H groups in total. The Balaban J connectivity index is 1.79. The van der Waals surface area contributed by atoms with Crippen LogP contribution in [-0.2, 0) is 19.9 Å². The van der Waals surface area contributed by atoms with Crippen LogP contribution in [0.4, 0.5) is 0 Å². The molecular formula is C17H17Cl2NO4S2. The van der Waals surface area contributed by atoms with Gasteiger partial charge >= 0.3 is 0 Å². The van der Waals surface area contributed by atoms with Crippen LogP contribution in [0, 0.1) is 0 Å². The van der Waals surface area contributed by atoms with E-state index in [0.29, 0.717) is 10.0 Å². The predicted molar refractivity (Wildman–Crippen MR) is 104 cm³/mol. The highest BCUT2D eigenvalue weighted by Gasteiger charge is 2.42. The minimum Gasteiger partial charge on any atom is -0.228 e. The average molecular weight is 434 g/mol. The summed E-state index contributed by atoms with van der Waals surface area (Å²) in [6.07, 6.45) is 0. The molecule has 140 valence electrons. The number of sulfone groups is 1. The molecule has 1 heterocycles. The predicted octanol–water partition coefficient (Wildman–Crippen LogP) is 3.47. The number of halogens is 2. The summed E-state index contributed by atoms with van der Waals surface area (Å²) in [5, 5.41) is 0.256. The summed E-state index contributed by atoms with van der Waals surface area (Å²) in [6.45, 7) is 1.58. The first-order valence-electron chi connectivity index (χ1n) is 7.92. The minimum absolute atomic E-state index is 0.00699. The third-order valence-electron chi connectivity index (χ3n) is 4.47. The molecule has 3 rings (SSSR count). The smallest absolute Gasteiger partial charge is 0.228 e. The summed E-state index contributed by atoms with van der Waals surface area (Å²) in [6, 6.07) is 11.6. The fraction of sp³-hybridized carbons (Fsp3) is 0.294. The number of rotatable bonds is 5. The van der Waals surface area contributed by atoms with Crippen molar-refractivity contribution in [1.82, 2.24) is 4.31 Å². The average Bonchev–Trinajstić information content (AvgIpc) is 2.55. The van der Waals surface area contributed by atoms with Gasteiger partial charge < -0.3 is 0 Å². The third-order valence-corrected chi connectivity index (χ3v) is 9.17. The number of benzene rings is 2. The maximum Gasteiger partial charge on any atom is 0.243 e. The van der Waals surface area contributed by atoms with Gasteiger partial charge in [0.05, 0.1) is 20.2 Å². The zero-order valence-corrected chi connectivity index (χ0v) is 17.0. The molecule has 1 saturated heterocycles. The molecule has 1 aliphatic rings. The Labute approximate surface area is 163 Å². The van der Waals surface area contributed by atoms with Crippen LogP contribution in [0.5, 0.6) is 0 Å². The Bertz CT molecular complexity index is 1030. The molecule has 5 nitrogen and oxygen atoms in total. The lowest BCUT2D eigenvalue weighted by Crippen LogP contribution is -2.57. The molecule has 0 bridgehead atoms. The topological polar surface area (TPSA) is 71.5 Å². The molecule has 9 heteroatoms. The summed E-state index contributed by atoms with van der Waals surface area (Å²) in [5.74, 6) is 0.0178. The first kappa shape index (κ1) is 19.6. The zero-order chi connectivity index (χ0) is 19.1. The maximum atomic E-state index is 12.6. The van der Waals surface area contributed by atoms with Crippen LogP contribution >= 0.6 is 23.2 Å². The lowest BCUT2D eigenvalue weighted by atomic mass is 10.1. The summed E-state index contributed by atoms with van der Waals surface area (Å²) >= 11 is 11.9. The van der Waals surface area contributed by atoms with E-state index >= 15 is 0 Å². The van der Waals surface area contributed by atoms with Gasteiger partial charge in [-0.1, -0.05) is 48.3 Å². The summed E-state index contributed by atoms with van der Waals surface area (Å²) in [5.41, 5.74) is 1.62. The van der Waals surface area contributed by atoms with Gasteiger partial charge in [0.1, 0.15) is 0 Å². The summed E-state index contributed by atoms with van der Waals surface area (Å²) < 4.78 is 50.0. The Morgan fingerprint density at radius 1 is 0.923 bits per heavy atom. The van der Waals surface area contributed by atoms with Gasteiger partial charge in [-0.15, -0.1) is 0 Å². The highest BCUT2D eigenvalue weighted by Crippen LogP contribution is 2.30. The van der Waals surface area contributed by atoms with Crippen molar-refractivity contribution < 1.29 is 16.8 Å². The van der Waals surface area contributed by atoms with Gasteiger partial charge in [0.2, 0.25) is 10.0 Å². The SMILES string of the molecule is CCS(=O)(=O)C1CN(S(=O)(=O)c2ccc(-c3ccc(Cl)c(Cl)c3)cc2)C1. The molecule has 0 spiro atoms. The van der Waals surface area contributed by atoms with Gasteiger partial charge in [0.15, 0.2) is 9.84 Å². The van der Waals surface area contributed by atoms with Gasteiger partial charge in [-0.05, 0) is 35.4 Å². The minimum atomic E-state index is -3.70. The maximum absolute atomic E-state index is 12.6. The molecule has 0 amide bonds. The van der Waals surface area contributed by atoms with Crippen LogP contribution < -0.4 is 0 Å². The van der Waals surface area contributed by atoms with E-state index in [1.807, 2.05) is 0 Å². The van der Waals surface area contributed by atoms with Crippen LogP contribution in [0.15, 0.2) is 47.4 Å². The van der Waals surface area contributed by atoms with Gasteiger partial charge in [-0.3, -0.25) is 0 Å². The molecule has 0 unspecified atom stereocenters. The highest BCUT2D eigenvalue weighted by atomic mass is 35.5. The molecule has 0 aromatic heterocycles. The van der Waals surface area contributed by atoms with Gasteiger partial charge in [0, 0.05) is 18.8 Å². The fourth-order valence-electron chi connectivity index (χ4n) is 2.70. The van der Waals surface area contributed by atoms with Crippen molar-refractivity contribution in [3.8, 4) is 11.1 Å². The van der Waals surface area contributed by atoms with Crippen molar-refractivity contribution in [2.75, 3.05) is 18.8 Å². The summed E-state index contributed by atoms with van der Waals surface area (Å²) in [7, 11) is -6.91. The Kier molecular flexibility index (Phi) is 5.38. The molecule has 1 aliphatic heterocycles. The van der Waals surface area contributed by atoms with E-state index < -0.39 is 25.1 Å². The molecule has 0 saturated carbocycles. The lowest BCUT2D eigenvalue weighted by molar-refractivity contribution is 0.310. The van der Waals surface area contributed by atoms with E-state index in [4.69, 9.17) is 23.2 Å². The van der Waals surface area contributed by atoms with Crippen LogP contribution in [0.3, 0.4) is 0 Å². The van der Waals surface area contributed by atoms with E-state index in [1.54, 1.807) is 37.3 Å². The van der Waals surface area contributed by atoms with Crippen molar-refractivity contribution in [2.45, 2.75) is 17.1 Å². The second kappa shape index (κ2) is 7.13. The fourth-order valence-corrected chi connectivity index (χ4v) is 6.01. The summed E-state index contributed by atoms with van der Waals surface area (Å²) in [4.78, 5) is 0.133. The Morgan fingerprint density at radius 3 is 2.04 bits per heavy atom. The van der Waals surface area contributed by atoms with Crippen LogP contribution in [0.2, 0.25) is 10.0 Å². The van der Waals surface area contributed by atoms with E-state index in [1.165, 1.54) is 16.4 Å². The number of sulfonamides is 1. The molecule has 0 atom stereocenters. The van der Waals surface area contributed by atoms with E-state index in [2.05, 4.69) is 0 Å². The monoisotopic (exact) mass is 433 g/mol. The largest absolute Gasteiger partial charge is 0.243 e. The molecule has 2 aromatic carbocycles. The van der Waals surface area contributed by atoms with Crippen molar-refractivity contribution in [1.29, 1.82) is 0 Å². The first-order chi connectivity index (χ1) is 12.1. The molecule has 0 radical (unpaired) electrons. The van der Waals surface area contributed by atoms with E-state index in [-0.39, 0.29) is 23.7 Å². The highest BCUT2D eigenvalue weighted by molar-refractivity contribution is 7.92. The van der Waals surface area contributed by atoms with Crippen molar-refractivity contribution in [3.05, 3.63) is 52.5 Å². The number of hydrogen-bond acceptors (Lipinski definition) is 4. The standard InChI is InChI=1S/C17H17Cl2NO4S2/c1-2-25(21,22)15-10-20(11-15)26(23,24)14-6-3-12(4-7-14)13-5-8-16(18)17(19)9-13/h3-9,15H,2,10-11H2,1H3. The number of nitrogens with zero attached hydrogens (tertiary/aromatic N) is 1. The van der Waals surface area contributed by atoms with Gasteiger partial charge in [0.25, 0.3) is 0 Å². The second-order valence-electron chi connectivity index (χ2n) is 6.05. The third kappa shape index (κ3) is 3.64. The Hall–Kier alpha value is -1.12. The lowest BCUT2D eigenvalue weighted by Gasteiger charge is -2.37. The quantitative estimate of drug-likeness (QED) is 0.723. The van der Waals surface area contributed by atoms with Crippen molar-refractivity contribution in [2.24, 2.45) is 0 Å². The normalized spacial score (nSPS) is 16.4. The van der Waals surface area contributed by atoms with Crippen molar-refractivity contribution in [3.63, 3.8) is 0 Å². The van der Waals surface area contributed by atoms with Crippen LogP contribution in [-0.4, -0.2) is 45.2 Å². The second-order valence-corrected chi connectivity index (χ2v) is 11.4. The molecule has 0 aliphatic carbocycles.